The van der Waals surface area contributed by atoms with Crippen LogP contribution < -0.4 is 21.9 Å². The van der Waals surface area contributed by atoms with E-state index >= 15 is 0 Å². The molecule has 264 valence electrons. The molecule has 1 aromatic carbocycles. The standard InChI is InChI=1S/C21H25N5O4S.C9H11F2N3O4/c22-31(28,29)30-11-14-9-15(10-19(14)27)26-8-7-17-20(23-12-24-21(17)26)25-18-6-5-13-3-1-2-4-16(13)18;10-9(11)6(16)4(3-15)18-7(9)14-2-1-5(12)13-8(14)17/h1-4,7-8,12,14-15,18-19,27H,5-6,9-11H2,(H2,22,28,29)(H,23,24,25);1-2,4,6-7,15-16H,3H2,(H2,12,13,17)/t14-,15+,18-,19-;4-,6-,7-/m01/s1. The van der Waals surface area contributed by atoms with Crippen LogP contribution in [0.15, 0.2) is 59.9 Å². The summed E-state index contributed by atoms with van der Waals surface area (Å²) in [7, 11) is -4.03. The maximum Gasteiger partial charge on any atom is 0.351 e. The average Bonchev–Trinajstić information content (AvgIpc) is 3.81. The zero-order chi connectivity index (χ0) is 35.1. The van der Waals surface area contributed by atoms with Gasteiger partial charge in [-0.3, -0.25) is 8.75 Å². The lowest BCUT2D eigenvalue weighted by molar-refractivity contribution is -0.140. The predicted octanol–water partition coefficient (Wildman–Crippen LogP) is 0.774. The lowest BCUT2D eigenvalue weighted by atomic mass is 10.1. The van der Waals surface area contributed by atoms with Crippen molar-refractivity contribution in [1.29, 1.82) is 0 Å². The highest BCUT2D eigenvalue weighted by Gasteiger charge is 2.59. The fourth-order valence-corrected chi connectivity index (χ4v) is 7.00. The van der Waals surface area contributed by atoms with Crippen molar-refractivity contribution in [3.8, 4) is 0 Å². The average molecular weight is 707 g/mol. The fraction of sp³-hybridized carbons (Fsp3) is 0.467. The Kier molecular flexibility index (Phi) is 9.68. The summed E-state index contributed by atoms with van der Waals surface area (Å²) in [6.07, 6.45) is 1.28. The number of nitrogens with two attached hydrogens (primary N) is 2. The molecule has 2 aliphatic carbocycles. The predicted molar refractivity (Wildman–Crippen MR) is 170 cm³/mol. The number of nitrogens with zero attached hydrogens (tertiary/aromatic N) is 5. The number of halogens is 2. The Bertz CT molecular complexity index is 1980. The molecule has 3 aliphatic rings. The van der Waals surface area contributed by atoms with Gasteiger partial charge in [-0.25, -0.2) is 19.9 Å². The quantitative estimate of drug-likeness (QED) is 0.149. The number of ether oxygens (including phenoxy) is 1. The van der Waals surface area contributed by atoms with E-state index in [1.807, 2.05) is 16.8 Å². The number of alkyl halides is 2. The van der Waals surface area contributed by atoms with Gasteiger partial charge in [0.05, 0.1) is 30.7 Å². The van der Waals surface area contributed by atoms with Crippen molar-refractivity contribution in [2.45, 2.75) is 68.2 Å². The van der Waals surface area contributed by atoms with Gasteiger partial charge in [-0.05, 0) is 48.9 Å². The third kappa shape index (κ3) is 7.14. The van der Waals surface area contributed by atoms with Crippen LogP contribution in [0.2, 0.25) is 0 Å². The third-order valence-corrected chi connectivity index (χ3v) is 9.55. The molecule has 1 saturated heterocycles. The molecule has 2 fully saturated rings. The van der Waals surface area contributed by atoms with Crippen LogP contribution in [0, 0.1) is 5.92 Å². The monoisotopic (exact) mass is 706 g/mol. The van der Waals surface area contributed by atoms with E-state index in [2.05, 4.69) is 44.5 Å². The van der Waals surface area contributed by atoms with Crippen LogP contribution in [0.25, 0.3) is 11.0 Å². The summed E-state index contributed by atoms with van der Waals surface area (Å²) in [5.74, 6) is -3.35. The Hall–Kier alpha value is -4.11. The highest BCUT2D eigenvalue weighted by molar-refractivity contribution is 7.84. The molecule has 0 spiro atoms. The lowest BCUT2D eigenvalue weighted by Gasteiger charge is -2.20. The topological polar surface area (TPSA) is 243 Å². The summed E-state index contributed by atoms with van der Waals surface area (Å²) in [5, 5.41) is 37.9. The lowest BCUT2D eigenvalue weighted by Crippen LogP contribution is -2.41. The van der Waals surface area contributed by atoms with Gasteiger partial charge < -0.3 is 35.7 Å². The van der Waals surface area contributed by atoms with E-state index < -0.39 is 53.1 Å². The molecular weight excluding hydrogens is 670 g/mol. The zero-order valence-electron chi connectivity index (χ0n) is 25.9. The maximum absolute atomic E-state index is 13.7. The summed E-state index contributed by atoms with van der Waals surface area (Å²) < 4.78 is 61.6. The second-order valence-electron chi connectivity index (χ2n) is 12.2. The number of aromatic nitrogens is 5. The Balaban J connectivity index is 0.000000197. The minimum atomic E-state index is -4.03. The molecule has 0 unspecified atom stereocenters. The number of nitrogen functional groups attached to an aromatic ring is 1. The first-order chi connectivity index (χ1) is 23.3. The first kappa shape index (κ1) is 34.7. The molecule has 0 amide bonds. The van der Waals surface area contributed by atoms with Crippen LogP contribution in [0.3, 0.4) is 0 Å². The fourth-order valence-electron chi connectivity index (χ4n) is 6.64. The van der Waals surface area contributed by atoms with Crippen LogP contribution >= 0.6 is 0 Å². The summed E-state index contributed by atoms with van der Waals surface area (Å²) in [5.41, 5.74) is 7.68. The van der Waals surface area contributed by atoms with Gasteiger partial charge in [0, 0.05) is 24.4 Å². The second kappa shape index (κ2) is 13.7. The van der Waals surface area contributed by atoms with Crippen LogP contribution in [-0.4, -0.2) is 85.3 Å². The number of nitrogens with one attached hydrogen (secondary N) is 1. The van der Waals surface area contributed by atoms with Crippen molar-refractivity contribution < 1.29 is 41.4 Å². The molecule has 16 nitrogen and oxygen atoms in total. The van der Waals surface area contributed by atoms with Crippen LogP contribution in [-0.2, 0) is 25.6 Å². The van der Waals surface area contributed by atoms with Gasteiger partial charge in [0.2, 0.25) is 6.23 Å². The van der Waals surface area contributed by atoms with E-state index in [1.54, 1.807) is 6.33 Å². The van der Waals surface area contributed by atoms with Gasteiger partial charge in [-0.2, -0.15) is 22.2 Å². The smallest absolute Gasteiger partial charge is 0.351 e. The summed E-state index contributed by atoms with van der Waals surface area (Å²) in [6, 6.07) is 11.8. The summed E-state index contributed by atoms with van der Waals surface area (Å²) in [4.78, 5) is 23.7. The van der Waals surface area contributed by atoms with Gasteiger partial charge in [-0.1, -0.05) is 24.3 Å². The third-order valence-electron chi connectivity index (χ3n) is 9.09. The van der Waals surface area contributed by atoms with Crippen molar-refractivity contribution in [3.05, 3.63) is 76.7 Å². The largest absolute Gasteiger partial charge is 0.394 e. The first-order valence-corrected chi connectivity index (χ1v) is 16.9. The number of hydrogen-bond acceptors (Lipinski definition) is 13. The molecule has 7 atom stereocenters. The molecule has 8 N–H and O–H groups in total. The molecule has 4 aromatic rings. The Morgan fingerprint density at radius 1 is 1.10 bits per heavy atom. The van der Waals surface area contributed by atoms with E-state index in [9.17, 15) is 32.2 Å². The number of fused-ring (bicyclic) bond motifs is 2. The van der Waals surface area contributed by atoms with Crippen molar-refractivity contribution >= 4 is 33.0 Å². The second-order valence-corrected chi connectivity index (χ2v) is 13.4. The zero-order valence-corrected chi connectivity index (χ0v) is 26.7. The molecule has 0 bridgehead atoms. The van der Waals surface area contributed by atoms with Crippen molar-refractivity contribution in [1.82, 2.24) is 24.1 Å². The molecule has 4 heterocycles. The number of aryl methyl sites for hydroxylation is 1. The molecule has 49 heavy (non-hydrogen) atoms. The van der Waals surface area contributed by atoms with Gasteiger partial charge in [-0.15, -0.1) is 0 Å². The van der Waals surface area contributed by atoms with Crippen LogP contribution in [0.5, 0.6) is 0 Å². The molecule has 7 rings (SSSR count). The Morgan fingerprint density at radius 3 is 2.57 bits per heavy atom. The van der Waals surface area contributed by atoms with Gasteiger partial charge in [0.25, 0.3) is 0 Å². The van der Waals surface area contributed by atoms with E-state index in [0.29, 0.717) is 17.4 Å². The SMILES string of the molecule is NS(=O)(=O)OC[C@@H]1C[C@@H](n2ccc3c(N[C@H]4CCc5ccccc54)ncnc32)C[C@@H]1O.Nc1ccn([C@@H]2O[C@H](CO)[C@@H](O)C2(F)F)c(=O)n1. The molecule has 1 saturated carbocycles. The van der Waals surface area contributed by atoms with Gasteiger partial charge >= 0.3 is 21.9 Å². The van der Waals surface area contributed by atoms with E-state index in [0.717, 1.165) is 42.0 Å². The number of aliphatic hydroxyl groups excluding tert-OH is 3. The molecule has 0 radical (unpaired) electrons. The van der Waals surface area contributed by atoms with E-state index in [-0.39, 0.29) is 30.4 Å². The first-order valence-electron chi connectivity index (χ1n) is 15.4. The van der Waals surface area contributed by atoms with Crippen molar-refractivity contribution in [2.75, 3.05) is 24.3 Å². The van der Waals surface area contributed by atoms with Crippen LogP contribution in [0.4, 0.5) is 20.4 Å². The van der Waals surface area contributed by atoms with Gasteiger partial charge in [0.1, 0.15) is 29.7 Å². The number of benzene rings is 1. The molecular formula is C30H36F2N8O8S. The summed E-state index contributed by atoms with van der Waals surface area (Å²) >= 11 is 0. The number of hydrogen-bond donors (Lipinski definition) is 6. The van der Waals surface area contributed by atoms with Crippen LogP contribution in [0.1, 0.15) is 48.7 Å². The number of rotatable bonds is 8. The van der Waals surface area contributed by atoms with E-state index in [1.165, 1.54) is 11.1 Å². The highest BCUT2D eigenvalue weighted by Crippen LogP contribution is 2.42. The van der Waals surface area contributed by atoms with E-state index in [4.69, 9.17) is 24.9 Å². The minimum absolute atomic E-state index is 0.0171. The molecule has 3 aromatic heterocycles. The molecule has 1 aliphatic heterocycles. The van der Waals surface area contributed by atoms with Crippen molar-refractivity contribution in [3.63, 3.8) is 0 Å². The minimum Gasteiger partial charge on any atom is -0.394 e. The van der Waals surface area contributed by atoms with Gasteiger partial charge in [0.15, 0.2) is 6.10 Å². The van der Waals surface area contributed by atoms with Crippen molar-refractivity contribution in [2.24, 2.45) is 11.1 Å². The Labute approximate surface area is 278 Å². The maximum atomic E-state index is 13.7. The summed E-state index contributed by atoms with van der Waals surface area (Å²) in [6.45, 7) is -0.914. The highest BCUT2D eigenvalue weighted by atomic mass is 32.2. The number of aliphatic hydroxyl groups is 3. The Morgan fingerprint density at radius 2 is 1.86 bits per heavy atom. The number of anilines is 2. The molecule has 19 heteroatoms. The normalized spacial score (nSPS) is 27.5.